The normalized spacial score (nSPS) is 41.0. The summed E-state index contributed by atoms with van der Waals surface area (Å²) in [4.78, 5) is 29.2. The molecule has 1 saturated heterocycles. The maximum absolute atomic E-state index is 13.3. The van der Waals surface area contributed by atoms with Gasteiger partial charge in [0.2, 0.25) is 5.91 Å². The molecule has 29 heavy (non-hydrogen) atoms. The number of carbonyl (C=O) groups is 2. The number of hydrogen-bond donors (Lipinski definition) is 0. The van der Waals surface area contributed by atoms with Crippen LogP contribution in [0.25, 0.3) is 0 Å². The second-order valence-corrected chi connectivity index (χ2v) is 10.2. The van der Waals surface area contributed by atoms with Gasteiger partial charge in [0.1, 0.15) is 0 Å². The van der Waals surface area contributed by atoms with Crippen molar-refractivity contribution in [3.8, 4) is 6.19 Å². The highest BCUT2D eigenvalue weighted by atomic mass is 16.2. The Labute approximate surface area is 175 Å². The van der Waals surface area contributed by atoms with Gasteiger partial charge in [0, 0.05) is 49.2 Å². The summed E-state index contributed by atoms with van der Waals surface area (Å²) in [5.74, 6) is 2.02. The summed E-state index contributed by atoms with van der Waals surface area (Å²) in [5.41, 5.74) is 0.897. The van der Waals surface area contributed by atoms with E-state index in [1.165, 1.54) is 0 Å². The summed E-state index contributed by atoms with van der Waals surface area (Å²) < 4.78 is 0. The molecule has 158 valence electrons. The number of allylic oxidation sites excluding steroid dienone is 2. The molecule has 5 nitrogen and oxygen atoms in total. The lowest BCUT2D eigenvalue weighted by atomic mass is 9.49. The molecule has 0 aromatic heterocycles. The quantitative estimate of drug-likeness (QED) is 0.676. The molecule has 5 heteroatoms. The fourth-order valence-corrected chi connectivity index (χ4v) is 7.56. The zero-order chi connectivity index (χ0) is 21.0. The Hall–Kier alpha value is -1.83. The number of nitrogens with zero attached hydrogens (tertiary/aromatic N) is 3. The maximum atomic E-state index is 13.3. The molecule has 0 bridgehead atoms. The smallest absolute Gasteiger partial charge is 0.226 e. The van der Waals surface area contributed by atoms with Crippen LogP contribution in [-0.4, -0.2) is 41.1 Å². The fraction of sp³-hybridized carbons (Fsp3) is 0.792. The highest BCUT2D eigenvalue weighted by molar-refractivity contribution is 5.91. The average Bonchev–Trinajstić information content (AvgIpc) is 3.06. The van der Waals surface area contributed by atoms with Crippen LogP contribution in [0.2, 0.25) is 0 Å². The molecule has 0 spiro atoms. The second-order valence-electron chi connectivity index (χ2n) is 10.2. The molecule has 0 aromatic carbocycles. The van der Waals surface area contributed by atoms with E-state index < -0.39 is 0 Å². The van der Waals surface area contributed by atoms with E-state index in [4.69, 9.17) is 0 Å². The third-order valence-electron chi connectivity index (χ3n) is 9.21. The largest absolute Gasteiger partial charge is 0.343 e. The van der Waals surface area contributed by atoms with Crippen LogP contribution in [0.4, 0.5) is 0 Å². The van der Waals surface area contributed by atoms with Gasteiger partial charge in [0.25, 0.3) is 0 Å². The predicted octanol–water partition coefficient (Wildman–Crippen LogP) is 3.96. The van der Waals surface area contributed by atoms with Gasteiger partial charge in [-0.2, -0.15) is 5.26 Å². The van der Waals surface area contributed by atoms with Gasteiger partial charge in [-0.05, 0) is 69.1 Å². The van der Waals surface area contributed by atoms with Crippen molar-refractivity contribution >= 4 is 11.7 Å². The Morgan fingerprint density at radius 2 is 1.93 bits per heavy atom. The van der Waals surface area contributed by atoms with Crippen LogP contribution in [0, 0.1) is 46.0 Å². The molecule has 4 rings (SSSR count). The molecular formula is C24H35N3O2. The number of ketones is 1. The second kappa shape index (κ2) is 7.15. The van der Waals surface area contributed by atoms with Gasteiger partial charge >= 0.3 is 0 Å². The molecule has 0 aromatic rings. The van der Waals surface area contributed by atoms with Crippen molar-refractivity contribution < 1.29 is 9.59 Å². The minimum Gasteiger partial charge on any atom is -0.343 e. The summed E-state index contributed by atoms with van der Waals surface area (Å²) in [6.45, 7) is 11.0. The van der Waals surface area contributed by atoms with Crippen molar-refractivity contribution in [1.29, 1.82) is 5.26 Å². The summed E-state index contributed by atoms with van der Waals surface area (Å²) >= 11 is 0. The molecule has 3 aliphatic carbocycles. The predicted molar refractivity (Wildman–Crippen MR) is 111 cm³/mol. The van der Waals surface area contributed by atoms with Crippen molar-refractivity contribution in [2.24, 2.45) is 34.5 Å². The maximum Gasteiger partial charge on any atom is 0.226 e. The number of piperidine rings is 1. The van der Waals surface area contributed by atoms with E-state index >= 15 is 0 Å². The standard InChI is InChI=1S/C24H35N3O2/c1-5-26(6-2)22(29)20-8-7-18-17-14-27(15-25)21-13-16(28)9-11-24(21,4)19(17)10-12-23(18,20)3/h13,17-20H,5-12,14H2,1-4H3/t17-,18-,19-,20+,23-,24+/m0/s1. The third-order valence-corrected chi connectivity index (χ3v) is 9.21. The molecule has 6 atom stereocenters. The lowest BCUT2D eigenvalue weighted by Gasteiger charge is -2.59. The Bertz CT molecular complexity index is 779. The van der Waals surface area contributed by atoms with Crippen LogP contribution in [-0.2, 0) is 9.59 Å². The molecule has 1 amide bonds. The monoisotopic (exact) mass is 397 g/mol. The lowest BCUT2D eigenvalue weighted by molar-refractivity contribution is -0.143. The third kappa shape index (κ3) is 2.86. The molecule has 0 N–H and O–H groups in total. The van der Waals surface area contributed by atoms with E-state index in [9.17, 15) is 14.9 Å². The number of amides is 1. The van der Waals surface area contributed by atoms with Gasteiger partial charge in [-0.3, -0.25) is 14.5 Å². The van der Waals surface area contributed by atoms with E-state index in [1.807, 2.05) is 9.80 Å². The number of rotatable bonds is 3. The number of nitriles is 1. The van der Waals surface area contributed by atoms with E-state index in [-0.39, 0.29) is 22.5 Å². The summed E-state index contributed by atoms with van der Waals surface area (Å²) in [5, 5.41) is 9.87. The number of fused-ring (bicyclic) bond motifs is 5. The van der Waals surface area contributed by atoms with Gasteiger partial charge in [0.15, 0.2) is 12.0 Å². The zero-order valence-corrected chi connectivity index (χ0v) is 18.4. The Kier molecular flexibility index (Phi) is 5.04. The molecule has 1 aliphatic heterocycles. The molecule has 4 aliphatic rings. The van der Waals surface area contributed by atoms with E-state index in [0.717, 1.165) is 50.9 Å². The van der Waals surface area contributed by atoms with Gasteiger partial charge < -0.3 is 4.90 Å². The van der Waals surface area contributed by atoms with Crippen LogP contribution in [0.5, 0.6) is 0 Å². The highest BCUT2D eigenvalue weighted by Crippen LogP contribution is 2.65. The van der Waals surface area contributed by atoms with Gasteiger partial charge in [-0.15, -0.1) is 0 Å². The minimum absolute atomic E-state index is 0.0318. The van der Waals surface area contributed by atoms with Crippen LogP contribution < -0.4 is 0 Å². The fourth-order valence-electron chi connectivity index (χ4n) is 7.56. The first kappa shape index (κ1) is 20.4. The Morgan fingerprint density at radius 3 is 2.59 bits per heavy atom. The average molecular weight is 398 g/mol. The lowest BCUT2D eigenvalue weighted by Crippen LogP contribution is -2.57. The molecule has 1 heterocycles. The molecular weight excluding hydrogens is 362 g/mol. The van der Waals surface area contributed by atoms with Gasteiger partial charge in [0.05, 0.1) is 0 Å². The van der Waals surface area contributed by atoms with E-state index in [0.29, 0.717) is 36.6 Å². The SMILES string of the molecule is CCN(CC)C(=O)[C@H]1CC[C@H]2[C@@H]3CN(C#N)C4=CC(=O)CC[C@]4(C)[C@H]3CC[C@]12C. The molecule has 3 fully saturated rings. The van der Waals surface area contributed by atoms with Crippen LogP contribution in [0.15, 0.2) is 11.8 Å². The van der Waals surface area contributed by atoms with Crippen molar-refractivity contribution in [2.75, 3.05) is 19.6 Å². The highest BCUT2D eigenvalue weighted by Gasteiger charge is 2.61. The number of carbonyl (C=O) groups excluding carboxylic acids is 2. The van der Waals surface area contributed by atoms with Crippen molar-refractivity contribution in [1.82, 2.24) is 9.80 Å². The van der Waals surface area contributed by atoms with Crippen molar-refractivity contribution in [3.63, 3.8) is 0 Å². The van der Waals surface area contributed by atoms with Gasteiger partial charge in [-0.1, -0.05) is 13.8 Å². The van der Waals surface area contributed by atoms with Crippen LogP contribution >= 0.6 is 0 Å². The van der Waals surface area contributed by atoms with Gasteiger partial charge in [-0.25, -0.2) is 0 Å². The minimum atomic E-state index is -0.0884. The van der Waals surface area contributed by atoms with E-state index in [2.05, 4.69) is 33.9 Å². The van der Waals surface area contributed by atoms with Crippen molar-refractivity contribution in [2.45, 2.75) is 66.2 Å². The summed E-state index contributed by atoms with van der Waals surface area (Å²) in [7, 11) is 0. The Morgan fingerprint density at radius 1 is 1.21 bits per heavy atom. The number of hydrogen-bond acceptors (Lipinski definition) is 4. The van der Waals surface area contributed by atoms with E-state index in [1.54, 1.807) is 6.08 Å². The zero-order valence-electron chi connectivity index (χ0n) is 18.4. The first-order valence-electron chi connectivity index (χ1n) is 11.5. The topological polar surface area (TPSA) is 64.4 Å². The number of likely N-dealkylation sites (tertiary alicyclic amines) is 1. The summed E-state index contributed by atoms with van der Waals surface area (Å²) in [6, 6.07) is 0. The Balaban J connectivity index is 1.66. The van der Waals surface area contributed by atoms with Crippen LogP contribution in [0.1, 0.15) is 66.2 Å². The molecule has 0 unspecified atom stereocenters. The molecule has 2 saturated carbocycles. The van der Waals surface area contributed by atoms with Crippen LogP contribution in [0.3, 0.4) is 0 Å². The molecule has 0 radical (unpaired) electrons. The summed E-state index contributed by atoms with van der Waals surface area (Å²) in [6.07, 6.45) is 9.81. The van der Waals surface area contributed by atoms with Crippen molar-refractivity contribution in [3.05, 3.63) is 11.8 Å². The first-order chi connectivity index (χ1) is 13.8. The first-order valence-corrected chi connectivity index (χ1v) is 11.5.